The van der Waals surface area contributed by atoms with Crippen LogP contribution in [0.1, 0.15) is 19.3 Å². The molecule has 2 fully saturated rings. The van der Waals surface area contributed by atoms with Gasteiger partial charge < -0.3 is 10.0 Å². The van der Waals surface area contributed by atoms with E-state index in [4.69, 9.17) is 0 Å². The number of aliphatic hydroxyl groups excluding tert-OH is 1. The highest BCUT2D eigenvalue weighted by molar-refractivity contribution is 7.99. The highest BCUT2D eigenvalue weighted by atomic mass is 32.2. The van der Waals surface area contributed by atoms with Gasteiger partial charge in [0.1, 0.15) is 0 Å². The summed E-state index contributed by atoms with van der Waals surface area (Å²) < 4.78 is 0. The maximum atomic E-state index is 9.95. The quantitative estimate of drug-likeness (QED) is 0.742. The van der Waals surface area contributed by atoms with Crippen LogP contribution in [-0.2, 0) is 0 Å². The highest BCUT2D eigenvalue weighted by Gasteiger charge is 2.26. The summed E-state index contributed by atoms with van der Waals surface area (Å²) >= 11 is 1.99. The van der Waals surface area contributed by atoms with Gasteiger partial charge in [-0.05, 0) is 49.8 Å². The third-order valence-corrected chi connectivity index (χ3v) is 4.34. The molecule has 2 aliphatic heterocycles. The number of likely N-dealkylation sites (tertiary alicyclic amines) is 1. The van der Waals surface area contributed by atoms with Gasteiger partial charge in [-0.25, -0.2) is 0 Å². The Morgan fingerprint density at radius 1 is 1.38 bits per heavy atom. The van der Waals surface area contributed by atoms with Gasteiger partial charge in [0, 0.05) is 6.54 Å². The Bertz CT molecular complexity index is 153. The topological polar surface area (TPSA) is 23.5 Å². The van der Waals surface area contributed by atoms with Gasteiger partial charge in [0.15, 0.2) is 0 Å². The second-order valence-electron chi connectivity index (χ2n) is 4.20. The summed E-state index contributed by atoms with van der Waals surface area (Å²) in [6.45, 7) is 3.33. The molecular formula is C10H19NOS. The second-order valence-corrected chi connectivity index (χ2v) is 5.35. The van der Waals surface area contributed by atoms with Crippen molar-refractivity contribution in [2.24, 2.45) is 5.92 Å². The van der Waals surface area contributed by atoms with Crippen LogP contribution in [0.2, 0.25) is 0 Å². The summed E-state index contributed by atoms with van der Waals surface area (Å²) in [5.41, 5.74) is 0. The summed E-state index contributed by atoms with van der Waals surface area (Å²) in [5.74, 6) is 3.00. The van der Waals surface area contributed by atoms with Gasteiger partial charge >= 0.3 is 0 Å². The summed E-state index contributed by atoms with van der Waals surface area (Å²) in [6, 6.07) is 0. The van der Waals surface area contributed by atoms with Gasteiger partial charge in [-0.2, -0.15) is 11.8 Å². The number of β-amino-alcohol motifs (C(OH)–C–C–N with tert-alkyl or cyclic N) is 1. The second kappa shape index (κ2) is 4.67. The first kappa shape index (κ1) is 9.81. The van der Waals surface area contributed by atoms with Gasteiger partial charge in [-0.15, -0.1) is 0 Å². The molecule has 2 atom stereocenters. The van der Waals surface area contributed by atoms with E-state index in [9.17, 15) is 5.11 Å². The third-order valence-electron chi connectivity index (χ3n) is 3.15. The molecule has 13 heavy (non-hydrogen) atoms. The van der Waals surface area contributed by atoms with Crippen molar-refractivity contribution in [3.05, 3.63) is 0 Å². The zero-order chi connectivity index (χ0) is 9.10. The van der Waals surface area contributed by atoms with E-state index in [0.717, 1.165) is 6.54 Å². The van der Waals surface area contributed by atoms with Gasteiger partial charge in [0.25, 0.3) is 0 Å². The molecule has 3 heteroatoms. The summed E-state index contributed by atoms with van der Waals surface area (Å²) in [7, 11) is 0. The van der Waals surface area contributed by atoms with Crippen molar-refractivity contribution in [1.82, 2.24) is 4.90 Å². The van der Waals surface area contributed by atoms with Crippen LogP contribution in [0, 0.1) is 5.92 Å². The van der Waals surface area contributed by atoms with Crippen molar-refractivity contribution in [2.45, 2.75) is 25.4 Å². The molecule has 76 valence electrons. The summed E-state index contributed by atoms with van der Waals surface area (Å²) in [5, 5.41) is 9.95. The van der Waals surface area contributed by atoms with Crippen LogP contribution < -0.4 is 0 Å². The van der Waals surface area contributed by atoms with E-state index >= 15 is 0 Å². The first-order valence-corrected chi connectivity index (χ1v) is 6.50. The SMILES string of the molecule is OC(CN1CCCC1)C1CCSC1. The van der Waals surface area contributed by atoms with Crippen LogP contribution in [0.15, 0.2) is 0 Å². The van der Waals surface area contributed by atoms with Crippen molar-refractivity contribution in [1.29, 1.82) is 0 Å². The third kappa shape index (κ3) is 2.61. The lowest BCUT2D eigenvalue weighted by atomic mass is 10.0. The number of aliphatic hydroxyl groups is 1. The molecule has 2 nitrogen and oxygen atoms in total. The molecule has 0 saturated carbocycles. The molecule has 1 N–H and O–H groups in total. The Morgan fingerprint density at radius 3 is 2.77 bits per heavy atom. The van der Waals surface area contributed by atoms with Gasteiger partial charge in [-0.3, -0.25) is 0 Å². The Balaban J connectivity index is 1.73. The Kier molecular flexibility index (Phi) is 3.52. The minimum Gasteiger partial charge on any atom is -0.391 e. The van der Waals surface area contributed by atoms with E-state index in [-0.39, 0.29) is 6.10 Å². The highest BCUT2D eigenvalue weighted by Crippen LogP contribution is 2.27. The average molecular weight is 201 g/mol. The molecule has 0 aliphatic carbocycles. The van der Waals surface area contributed by atoms with E-state index in [1.54, 1.807) is 0 Å². The predicted octanol–water partition coefficient (Wildman–Crippen LogP) is 1.20. The zero-order valence-electron chi connectivity index (χ0n) is 8.11. The van der Waals surface area contributed by atoms with Crippen LogP contribution in [0.25, 0.3) is 0 Å². The normalized spacial score (nSPS) is 32.5. The number of nitrogens with zero attached hydrogens (tertiary/aromatic N) is 1. The van der Waals surface area contributed by atoms with Crippen LogP contribution in [0.5, 0.6) is 0 Å². The molecule has 2 aliphatic rings. The van der Waals surface area contributed by atoms with E-state index in [1.165, 1.54) is 43.9 Å². The van der Waals surface area contributed by atoms with Crippen molar-refractivity contribution in [2.75, 3.05) is 31.1 Å². The fraction of sp³-hybridized carbons (Fsp3) is 1.00. The Morgan fingerprint density at radius 2 is 2.15 bits per heavy atom. The number of hydrogen-bond acceptors (Lipinski definition) is 3. The first-order valence-electron chi connectivity index (χ1n) is 5.34. The van der Waals surface area contributed by atoms with Crippen molar-refractivity contribution < 1.29 is 5.11 Å². The number of rotatable bonds is 3. The molecule has 0 aromatic heterocycles. The maximum Gasteiger partial charge on any atom is 0.0703 e. The molecule has 0 radical (unpaired) electrons. The van der Waals surface area contributed by atoms with Crippen molar-refractivity contribution >= 4 is 11.8 Å². The molecule has 2 saturated heterocycles. The molecule has 2 unspecified atom stereocenters. The van der Waals surface area contributed by atoms with Gasteiger partial charge in [0.2, 0.25) is 0 Å². The van der Waals surface area contributed by atoms with E-state index in [1.807, 2.05) is 11.8 Å². The number of hydrogen-bond donors (Lipinski definition) is 1. The Labute approximate surface area is 84.7 Å². The Hall–Kier alpha value is 0.270. The van der Waals surface area contributed by atoms with Crippen molar-refractivity contribution in [3.8, 4) is 0 Å². The molecule has 0 aromatic rings. The predicted molar refractivity (Wildman–Crippen MR) is 57.1 cm³/mol. The van der Waals surface area contributed by atoms with E-state index in [0.29, 0.717) is 5.92 Å². The molecule has 0 amide bonds. The van der Waals surface area contributed by atoms with Gasteiger partial charge in [-0.1, -0.05) is 0 Å². The lowest BCUT2D eigenvalue weighted by Crippen LogP contribution is -2.34. The maximum absolute atomic E-state index is 9.95. The standard InChI is InChI=1S/C10H19NOS/c12-10(9-3-6-13-8-9)7-11-4-1-2-5-11/h9-10,12H,1-8H2. The van der Waals surface area contributed by atoms with E-state index in [2.05, 4.69) is 4.90 Å². The summed E-state index contributed by atoms with van der Waals surface area (Å²) in [6.07, 6.45) is 3.81. The van der Waals surface area contributed by atoms with Crippen LogP contribution in [-0.4, -0.2) is 47.3 Å². The lowest BCUT2D eigenvalue weighted by molar-refractivity contribution is 0.0815. The van der Waals surface area contributed by atoms with Crippen LogP contribution in [0.4, 0.5) is 0 Å². The van der Waals surface area contributed by atoms with Crippen LogP contribution >= 0.6 is 11.8 Å². The van der Waals surface area contributed by atoms with E-state index < -0.39 is 0 Å². The molecule has 2 heterocycles. The summed E-state index contributed by atoms with van der Waals surface area (Å²) in [4.78, 5) is 2.41. The average Bonchev–Trinajstić information content (AvgIpc) is 2.74. The van der Waals surface area contributed by atoms with Gasteiger partial charge in [0.05, 0.1) is 6.10 Å². The minimum absolute atomic E-state index is 0.0619. The molecule has 0 spiro atoms. The van der Waals surface area contributed by atoms with Crippen molar-refractivity contribution in [3.63, 3.8) is 0 Å². The first-order chi connectivity index (χ1) is 6.36. The molecular weight excluding hydrogens is 182 g/mol. The fourth-order valence-corrected chi connectivity index (χ4v) is 3.56. The lowest BCUT2D eigenvalue weighted by Gasteiger charge is -2.23. The smallest absolute Gasteiger partial charge is 0.0703 e. The van der Waals surface area contributed by atoms with Crippen LogP contribution in [0.3, 0.4) is 0 Å². The monoisotopic (exact) mass is 201 g/mol. The molecule has 0 bridgehead atoms. The fourth-order valence-electron chi connectivity index (χ4n) is 2.24. The number of thioether (sulfide) groups is 1. The zero-order valence-corrected chi connectivity index (χ0v) is 8.93. The molecule has 2 rings (SSSR count). The molecule has 0 aromatic carbocycles. The largest absolute Gasteiger partial charge is 0.391 e. The minimum atomic E-state index is -0.0619.